The largest absolute Gasteiger partial charge is 0.396 e. The predicted molar refractivity (Wildman–Crippen MR) is 46.5 cm³/mol. The highest BCUT2D eigenvalue weighted by molar-refractivity contribution is 5.20. The van der Waals surface area contributed by atoms with Crippen molar-refractivity contribution < 1.29 is 5.11 Å². The van der Waals surface area contributed by atoms with Crippen LogP contribution in [-0.2, 0) is 0 Å². The van der Waals surface area contributed by atoms with Crippen LogP contribution in [0, 0.1) is 11.3 Å². The van der Waals surface area contributed by atoms with Crippen LogP contribution in [0.4, 0.5) is 0 Å². The Labute approximate surface area is 72.1 Å². The van der Waals surface area contributed by atoms with Crippen molar-refractivity contribution in [2.75, 3.05) is 6.61 Å². The van der Waals surface area contributed by atoms with Crippen LogP contribution < -0.4 is 0 Å². The van der Waals surface area contributed by atoms with Crippen molar-refractivity contribution in [3.8, 4) is 6.07 Å². The summed E-state index contributed by atoms with van der Waals surface area (Å²) < 4.78 is 0. The Morgan fingerprint density at radius 1 is 1.33 bits per heavy atom. The van der Waals surface area contributed by atoms with Gasteiger partial charge < -0.3 is 5.11 Å². The Kier molecular flexibility index (Phi) is 3.31. The number of aliphatic hydroxyl groups excluding tert-OH is 1. The molecule has 0 saturated heterocycles. The molecule has 0 bridgehead atoms. The third-order valence-electron chi connectivity index (χ3n) is 1.83. The zero-order valence-electron chi connectivity index (χ0n) is 6.77. The molecular formula is C10H11NO. The second-order valence-corrected chi connectivity index (χ2v) is 2.65. The zero-order valence-corrected chi connectivity index (χ0v) is 6.77. The van der Waals surface area contributed by atoms with Crippen molar-refractivity contribution in [1.29, 1.82) is 5.26 Å². The van der Waals surface area contributed by atoms with E-state index >= 15 is 0 Å². The van der Waals surface area contributed by atoms with Crippen LogP contribution in [0.5, 0.6) is 0 Å². The lowest BCUT2D eigenvalue weighted by Gasteiger charge is -2.09. The molecule has 0 aliphatic carbocycles. The van der Waals surface area contributed by atoms with Gasteiger partial charge in [0.1, 0.15) is 0 Å². The van der Waals surface area contributed by atoms with E-state index in [0.29, 0.717) is 6.42 Å². The lowest BCUT2D eigenvalue weighted by Crippen LogP contribution is -2.02. The number of benzene rings is 1. The molecule has 0 heterocycles. The fraction of sp³-hybridized carbons (Fsp3) is 0.300. The van der Waals surface area contributed by atoms with E-state index in [1.54, 1.807) is 0 Å². The maximum absolute atomic E-state index is 8.96. The highest BCUT2D eigenvalue weighted by Gasteiger charge is 2.07. The van der Waals surface area contributed by atoms with E-state index in [1.165, 1.54) is 0 Å². The van der Waals surface area contributed by atoms with Crippen LogP contribution >= 0.6 is 0 Å². The second-order valence-electron chi connectivity index (χ2n) is 2.65. The van der Waals surface area contributed by atoms with Crippen molar-refractivity contribution in [2.24, 2.45) is 0 Å². The van der Waals surface area contributed by atoms with E-state index in [9.17, 15) is 0 Å². The first-order chi connectivity index (χ1) is 5.88. The summed E-state index contributed by atoms with van der Waals surface area (Å²) in [6.45, 7) is 0.0393. The molecule has 0 saturated carbocycles. The number of nitrogens with zero attached hydrogens (tertiary/aromatic N) is 1. The van der Waals surface area contributed by atoms with Gasteiger partial charge in [0.25, 0.3) is 0 Å². The van der Waals surface area contributed by atoms with Crippen LogP contribution in [0.2, 0.25) is 0 Å². The third kappa shape index (κ3) is 2.08. The molecule has 2 nitrogen and oxygen atoms in total. The predicted octanol–water partition coefficient (Wildman–Crippen LogP) is 1.68. The molecule has 1 atom stereocenters. The Bertz CT molecular complexity index is 263. The van der Waals surface area contributed by atoms with Gasteiger partial charge in [-0.05, 0) is 5.56 Å². The van der Waals surface area contributed by atoms with Gasteiger partial charge in [0.2, 0.25) is 0 Å². The lowest BCUT2D eigenvalue weighted by atomic mass is 9.97. The molecule has 12 heavy (non-hydrogen) atoms. The topological polar surface area (TPSA) is 44.0 Å². The maximum Gasteiger partial charge on any atom is 0.0629 e. The molecule has 0 amide bonds. The number of hydrogen-bond donors (Lipinski definition) is 1. The SMILES string of the molecule is N#CC[C@@H](CO)c1ccccc1. The summed E-state index contributed by atoms with van der Waals surface area (Å²) in [5, 5.41) is 17.4. The minimum Gasteiger partial charge on any atom is -0.396 e. The standard InChI is InChI=1S/C10H11NO/c11-7-6-10(8-12)9-4-2-1-3-5-9/h1-5,10,12H,6,8H2/t10-/m0/s1. The Hall–Kier alpha value is -1.33. The molecule has 0 unspecified atom stereocenters. The summed E-state index contributed by atoms with van der Waals surface area (Å²) in [6, 6.07) is 11.7. The minimum atomic E-state index is -0.0313. The van der Waals surface area contributed by atoms with Gasteiger partial charge in [-0.15, -0.1) is 0 Å². The smallest absolute Gasteiger partial charge is 0.0629 e. The van der Waals surface area contributed by atoms with E-state index in [1.807, 2.05) is 30.3 Å². The molecule has 0 aromatic heterocycles. The number of hydrogen-bond acceptors (Lipinski definition) is 2. The molecule has 0 aliphatic rings. The van der Waals surface area contributed by atoms with Gasteiger partial charge in [-0.3, -0.25) is 0 Å². The van der Waals surface area contributed by atoms with Crippen molar-refractivity contribution in [3.05, 3.63) is 35.9 Å². The van der Waals surface area contributed by atoms with Crippen molar-refractivity contribution in [2.45, 2.75) is 12.3 Å². The summed E-state index contributed by atoms with van der Waals surface area (Å²) in [6.07, 6.45) is 0.376. The molecular weight excluding hydrogens is 150 g/mol. The van der Waals surface area contributed by atoms with E-state index in [4.69, 9.17) is 10.4 Å². The Balaban J connectivity index is 2.75. The molecule has 62 valence electrons. The fourth-order valence-electron chi connectivity index (χ4n) is 1.12. The number of nitriles is 1. The van der Waals surface area contributed by atoms with Gasteiger partial charge in [-0.25, -0.2) is 0 Å². The fourth-order valence-corrected chi connectivity index (χ4v) is 1.12. The first kappa shape index (κ1) is 8.76. The minimum absolute atomic E-state index is 0.0313. The molecule has 1 N–H and O–H groups in total. The average Bonchev–Trinajstić information content (AvgIpc) is 2.15. The van der Waals surface area contributed by atoms with Gasteiger partial charge in [-0.1, -0.05) is 30.3 Å². The molecule has 0 spiro atoms. The normalized spacial score (nSPS) is 12.0. The Morgan fingerprint density at radius 2 is 2.00 bits per heavy atom. The first-order valence-electron chi connectivity index (χ1n) is 3.91. The summed E-state index contributed by atoms with van der Waals surface area (Å²) in [4.78, 5) is 0. The summed E-state index contributed by atoms with van der Waals surface area (Å²) in [7, 11) is 0. The summed E-state index contributed by atoms with van der Waals surface area (Å²) in [5.41, 5.74) is 1.03. The molecule has 1 rings (SSSR count). The van der Waals surface area contributed by atoms with Crippen LogP contribution in [-0.4, -0.2) is 11.7 Å². The van der Waals surface area contributed by atoms with E-state index < -0.39 is 0 Å². The van der Waals surface area contributed by atoms with Crippen molar-refractivity contribution in [3.63, 3.8) is 0 Å². The maximum atomic E-state index is 8.96. The number of rotatable bonds is 3. The van der Waals surface area contributed by atoms with Gasteiger partial charge in [-0.2, -0.15) is 5.26 Å². The average molecular weight is 161 g/mol. The van der Waals surface area contributed by atoms with Crippen molar-refractivity contribution >= 4 is 0 Å². The number of aliphatic hydroxyl groups is 1. The second kappa shape index (κ2) is 4.53. The lowest BCUT2D eigenvalue weighted by molar-refractivity contribution is 0.266. The van der Waals surface area contributed by atoms with E-state index in [-0.39, 0.29) is 12.5 Å². The van der Waals surface area contributed by atoms with Gasteiger partial charge in [0, 0.05) is 12.3 Å². The highest BCUT2D eigenvalue weighted by Crippen LogP contribution is 2.17. The summed E-state index contributed by atoms with van der Waals surface area (Å²) >= 11 is 0. The Morgan fingerprint density at radius 3 is 2.50 bits per heavy atom. The molecule has 1 aromatic rings. The molecule has 2 heteroatoms. The van der Waals surface area contributed by atoms with E-state index in [2.05, 4.69) is 6.07 Å². The molecule has 1 aromatic carbocycles. The van der Waals surface area contributed by atoms with Gasteiger partial charge in [0.15, 0.2) is 0 Å². The van der Waals surface area contributed by atoms with E-state index in [0.717, 1.165) is 5.56 Å². The van der Waals surface area contributed by atoms with Crippen LogP contribution in [0.25, 0.3) is 0 Å². The molecule has 0 radical (unpaired) electrons. The van der Waals surface area contributed by atoms with Crippen LogP contribution in [0.3, 0.4) is 0 Å². The zero-order chi connectivity index (χ0) is 8.81. The quantitative estimate of drug-likeness (QED) is 0.732. The van der Waals surface area contributed by atoms with Crippen LogP contribution in [0.15, 0.2) is 30.3 Å². The first-order valence-corrected chi connectivity index (χ1v) is 3.91. The van der Waals surface area contributed by atoms with Crippen molar-refractivity contribution in [1.82, 2.24) is 0 Å². The van der Waals surface area contributed by atoms with Gasteiger partial charge in [0.05, 0.1) is 12.7 Å². The summed E-state index contributed by atoms with van der Waals surface area (Å²) in [5.74, 6) is -0.0313. The van der Waals surface area contributed by atoms with Gasteiger partial charge >= 0.3 is 0 Å². The highest BCUT2D eigenvalue weighted by atomic mass is 16.3. The molecule has 0 fully saturated rings. The third-order valence-corrected chi connectivity index (χ3v) is 1.83. The molecule has 0 aliphatic heterocycles. The van der Waals surface area contributed by atoms with Crippen LogP contribution in [0.1, 0.15) is 17.9 Å². The monoisotopic (exact) mass is 161 g/mol.